The predicted octanol–water partition coefficient (Wildman–Crippen LogP) is 4.35. The van der Waals surface area contributed by atoms with Crippen molar-refractivity contribution in [2.75, 3.05) is 13.2 Å². The molecule has 9 heteroatoms. The van der Waals surface area contributed by atoms with Crippen LogP contribution in [0.3, 0.4) is 0 Å². The van der Waals surface area contributed by atoms with Gasteiger partial charge in [0.15, 0.2) is 5.69 Å². The number of aromatic nitrogens is 1. The molecule has 1 N–H and O–H groups in total. The first-order valence-corrected chi connectivity index (χ1v) is 11.3. The third kappa shape index (κ3) is 9.25. The fraction of sp³-hybridized carbons (Fsp3) is 0.682. The van der Waals surface area contributed by atoms with Crippen LogP contribution in [0.25, 0.3) is 0 Å². The zero-order valence-electron chi connectivity index (χ0n) is 19.2. The second kappa shape index (κ2) is 12.6. The first-order valence-electron chi connectivity index (χ1n) is 10.4. The molecule has 0 fully saturated rings. The van der Waals surface area contributed by atoms with Crippen LogP contribution in [0.2, 0.25) is 0 Å². The van der Waals surface area contributed by atoms with Gasteiger partial charge in [0.25, 0.3) is 0 Å². The monoisotopic (exact) mass is 454 g/mol. The average Bonchev–Trinajstić information content (AvgIpc) is 3.15. The highest BCUT2D eigenvalue weighted by atomic mass is 32.1. The molecule has 1 aromatic heterocycles. The fourth-order valence-corrected chi connectivity index (χ4v) is 3.42. The Hall–Kier alpha value is -2.15. The van der Waals surface area contributed by atoms with Gasteiger partial charge >= 0.3 is 12.1 Å². The maximum absolute atomic E-state index is 12.8. The van der Waals surface area contributed by atoms with E-state index in [0.717, 1.165) is 11.3 Å². The summed E-state index contributed by atoms with van der Waals surface area (Å²) in [7, 11) is 0. The van der Waals surface area contributed by atoms with Gasteiger partial charge in [-0.05, 0) is 40.0 Å². The summed E-state index contributed by atoms with van der Waals surface area (Å²) in [6.07, 6.45) is 4.91. The number of aliphatic hydroxyl groups is 1. The molecule has 1 rings (SSSR count). The summed E-state index contributed by atoms with van der Waals surface area (Å²) in [5.74, 6) is 1.94. The predicted molar refractivity (Wildman–Crippen MR) is 118 cm³/mol. The van der Waals surface area contributed by atoms with E-state index in [4.69, 9.17) is 20.7 Å². The molecular formula is C22H34N2O6S. The van der Waals surface area contributed by atoms with Gasteiger partial charge in [-0.15, -0.1) is 23.7 Å². The number of aliphatic hydroxyl groups excluding tert-OH is 1. The number of ether oxygens (including phenoxy) is 2. The summed E-state index contributed by atoms with van der Waals surface area (Å²) >= 11 is 1.16. The van der Waals surface area contributed by atoms with E-state index in [1.165, 1.54) is 5.06 Å². The number of carbonyl (C=O) groups excluding carboxylic acids is 2. The summed E-state index contributed by atoms with van der Waals surface area (Å²) in [6.45, 7) is 11.4. The molecule has 0 unspecified atom stereocenters. The molecule has 174 valence electrons. The van der Waals surface area contributed by atoms with Crippen LogP contribution >= 0.6 is 11.3 Å². The number of hydrogen-bond donors (Lipinski definition) is 1. The normalized spacial score (nSPS) is 13.4. The molecule has 8 nitrogen and oxygen atoms in total. The van der Waals surface area contributed by atoms with E-state index in [0.29, 0.717) is 17.8 Å². The summed E-state index contributed by atoms with van der Waals surface area (Å²) in [5, 5.41) is 13.9. The maximum atomic E-state index is 12.8. The second-order valence-corrected chi connectivity index (χ2v) is 9.19. The van der Waals surface area contributed by atoms with Gasteiger partial charge in [0.1, 0.15) is 16.7 Å². The molecule has 0 aromatic carbocycles. The molecule has 0 spiro atoms. The molecule has 0 bridgehead atoms. The van der Waals surface area contributed by atoms with Gasteiger partial charge in [0.05, 0.1) is 19.3 Å². The van der Waals surface area contributed by atoms with Crippen LogP contribution in [0, 0.1) is 18.3 Å². The van der Waals surface area contributed by atoms with Crippen LogP contribution in [0.15, 0.2) is 5.38 Å². The first-order chi connectivity index (χ1) is 14.5. The van der Waals surface area contributed by atoms with E-state index in [-0.39, 0.29) is 31.2 Å². The minimum absolute atomic E-state index is 0.0562. The van der Waals surface area contributed by atoms with Crippen LogP contribution in [0.5, 0.6) is 0 Å². The van der Waals surface area contributed by atoms with E-state index >= 15 is 0 Å². The Kier molecular flexibility index (Phi) is 11.0. The number of carbonyl (C=O) groups is 2. The number of terminal acetylenes is 1. The van der Waals surface area contributed by atoms with Crippen molar-refractivity contribution in [3.63, 3.8) is 0 Å². The second-order valence-electron chi connectivity index (χ2n) is 8.30. The molecule has 0 aliphatic carbocycles. The number of esters is 1. The van der Waals surface area contributed by atoms with Crippen molar-refractivity contribution >= 4 is 23.4 Å². The molecule has 0 aliphatic heterocycles. The highest BCUT2D eigenvalue weighted by molar-refractivity contribution is 7.09. The first kappa shape index (κ1) is 26.9. The van der Waals surface area contributed by atoms with Gasteiger partial charge in [-0.1, -0.05) is 13.8 Å². The van der Waals surface area contributed by atoms with Crippen LogP contribution in [0.4, 0.5) is 4.79 Å². The highest BCUT2D eigenvalue weighted by Crippen LogP contribution is 2.28. The maximum Gasteiger partial charge on any atom is 0.434 e. The molecule has 0 saturated heterocycles. The molecule has 0 aliphatic rings. The van der Waals surface area contributed by atoms with E-state index in [1.54, 1.807) is 33.1 Å². The lowest BCUT2D eigenvalue weighted by Gasteiger charge is -2.35. The summed E-state index contributed by atoms with van der Waals surface area (Å²) in [6, 6.07) is -0.495. The number of hydrogen-bond acceptors (Lipinski definition) is 8. The number of rotatable bonds is 11. The standard InChI is InChI=1S/C22H34N2O6S/c1-8-10-11-12-29-24(21(27)30-22(5,6)7)17(15(3)4)13-18(25)19-23-16(14-31-19)20(26)28-9-2/h1,14-15,17-18,25H,9-13H2,2-7H3/t17-,18+/m0/s1. The molecule has 1 aromatic rings. The Labute approximate surface area is 188 Å². The van der Waals surface area contributed by atoms with Crippen LogP contribution in [-0.4, -0.2) is 52.1 Å². The fourth-order valence-electron chi connectivity index (χ4n) is 2.64. The third-order valence-electron chi connectivity index (χ3n) is 4.10. The number of nitrogens with zero attached hydrogens (tertiary/aromatic N) is 2. The minimum atomic E-state index is -1.00. The third-order valence-corrected chi connectivity index (χ3v) is 5.04. The Bertz CT molecular complexity index is 750. The van der Waals surface area contributed by atoms with E-state index in [9.17, 15) is 14.7 Å². The van der Waals surface area contributed by atoms with Crippen molar-refractivity contribution < 1.29 is 29.0 Å². The molecule has 2 atom stereocenters. The Morgan fingerprint density at radius 2 is 2.03 bits per heavy atom. The van der Waals surface area contributed by atoms with Crippen LogP contribution < -0.4 is 0 Å². The average molecular weight is 455 g/mol. The van der Waals surface area contributed by atoms with E-state index in [2.05, 4.69) is 10.9 Å². The van der Waals surface area contributed by atoms with Crippen molar-refractivity contribution in [2.24, 2.45) is 5.92 Å². The van der Waals surface area contributed by atoms with Gasteiger partial charge in [-0.2, -0.15) is 5.06 Å². The molecule has 1 amide bonds. The zero-order valence-corrected chi connectivity index (χ0v) is 20.0. The van der Waals surface area contributed by atoms with E-state index in [1.807, 2.05) is 13.8 Å². The number of hydroxylamine groups is 2. The lowest BCUT2D eigenvalue weighted by molar-refractivity contribution is -0.184. The zero-order chi connectivity index (χ0) is 23.6. The molecular weight excluding hydrogens is 420 g/mol. The van der Waals surface area contributed by atoms with Crippen LogP contribution in [-0.2, 0) is 14.3 Å². The quantitative estimate of drug-likeness (QED) is 0.230. The smallest absolute Gasteiger partial charge is 0.434 e. The highest BCUT2D eigenvalue weighted by Gasteiger charge is 2.34. The van der Waals surface area contributed by atoms with Crippen molar-refractivity contribution in [3.05, 3.63) is 16.1 Å². The van der Waals surface area contributed by atoms with Gasteiger partial charge in [0, 0.05) is 18.2 Å². The van der Waals surface area contributed by atoms with Gasteiger partial charge in [0.2, 0.25) is 0 Å². The SMILES string of the molecule is C#CCCCON(C(=O)OC(C)(C)C)[C@@H](C[C@@H](O)c1nc(C(=O)OCC)cs1)C(C)C. The van der Waals surface area contributed by atoms with Gasteiger partial charge in [-0.25, -0.2) is 14.6 Å². The summed E-state index contributed by atoms with van der Waals surface area (Å²) < 4.78 is 10.4. The van der Waals surface area contributed by atoms with Crippen molar-refractivity contribution in [3.8, 4) is 12.3 Å². The molecule has 0 saturated carbocycles. The lowest BCUT2D eigenvalue weighted by atomic mass is 9.98. The number of amides is 1. The Balaban J connectivity index is 3.01. The lowest BCUT2D eigenvalue weighted by Crippen LogP contribution is -2.46. The topological polar surface area (TPSA) is 98.2 Å². The van der Waals surface area contributed by atoms with Crippen molar-refractivity contribution in [2.45, 2.75) is 78.6 Å². The number of thiazole rings is 1. The molecule has 0 radical (unpaired) electrons. The number of unbranched alkanes of at least 4 members (excludes halogenated alkanes) is 1. The van der Waals surface area contributed by atoms with Crippen molar-refractivity contribution in [1.82, 2.24) is 10.0 Å². The van der Waals surface area contributed by atoms with E-state index < -0.39 is 29.8 Å². The largest absolute Gasteiger partial charge is 0.461 e. The van der Waals surface area contributed by atoms with Crippen molar-refractivity contribution in [1.29, 1.82) is 0 Å². The molecule has 1 heterocycles. The Morgan fingerprint density at radius 1 is 1.35 bits per heavy atom. The summed E-state index contributed by atoms with van der Waals surface area (Å²) in [4.78, 5) is 34.6. The van der Waals surface area contributed by atoms with Gasteiger partial charge < -0.3 is 14.6 Å². The van der Waals surface area contributed by atoms with Gasteiger partial charge in [-0.3, -0.25) is 4.84 Å². The minimum Gasteiger partial charge on any atom is -0.461 e. The van der Waals surface area contributed by atoms with Crippen LogP contribution in [0.1, 0.15) is 82.4 Å². The summed E-state index contributed by atoms with van der Waals surface area (Å²) in [5.41, 5.74) is -0.557. The Morgan fingerprint density at radius 3 is 2.58 bits per heavy atom. The molecule has 31 heavy (non-hydrogen) atoms.